The van der Waals surface area contributed by atoms with Gasteiger partial charge in [-0.1, -0.05) is 30.3 Å². The van der Waals surface area contributed by atoms with Gasteiger partial charge in [-0.25, -0.2) is 13.1 Å². The van der Waals surface area contributed by atoms with Crippen LogP contribution < -0.4 is 4.72 Å². The minimum atomic E-state index is -3.53. The van der Waals surface area contributed by atoms with Crippen LogP contribution in [0.1, 0.15) is 17.5 Å². The Bertz CT molecular complexity index is 741. The zero-order chi connectivity index (χ0) is 14.9. The van der Waals surface area contributed by atoms with Crippen molar-refractivity contribution in [2.24, 2.45) is 0 Å². The smallest absolute Gasteiger partial charge is 0.240 e. The molecule has 0 spiro atoms. The van der Waals surface area contributed by atoms with Crippen LogP contribution in [0.15, 0.2) is 53.4 Å². The summed E-state index contributed by atoms with van der Waals surface area (Å²) in [5, 5.41) is 11.9. The van der Waals surface area contributed by atoms with Crippen molar-refractivity contribution in [1.29, 1.82) is 0 Å². The molecule has 0 amide bonds. The molecule has 0 saturated carbocycles. The quantitative estimate of drug-likeness (QED) is 0.947. The normalized spacial score (nSPS) is 18.2. The Morgan fingerprint density at radius 3 is 2.52 bits per heavy atom. The molecule has 0 aliphatic heterocycles. The van der Waals surface area contributed by atoms with Crippen molar-refractivity contribution in [1.82, 2.24) is 4.72 Å². The van der Waals surface area contributed by atoms with Crippen LogP contribution in [0.2, 0.25) is 0 Å². The monoisotopic (exact) mass is 302 g/mol. The van der Waals surface area contributed by atoms with Crippen LogP contribution in [0.3, 0.4) is 0 Å². The van der Waals surface area contributed by atoms with E-state index in [4.69, 9.17) is 0 Å². The van der Waals surface area contributed by atoms with E-state index in [0.29, 0.717) is 12.8 Å². The predicted molar refractivity (Wildman–Crippen MR) is 79.2 cm³/mol. The highest BCUT2D eigenvalue weighted by Gasteiger charge is 2.26. The van der Waals surface area contributed by atoms with Gasteiger partial charge in [0.15, 0.2) is 5.75 Å². The van der Waals surface area contributed by atoms with Crippen LogP contribution in [-0.4, -0.2) is 14.5 Å². The summed E-state index contributed by atoms with van der Waals surface area (Å²) in [5.74, 6) is -0.00360. The average molecular weight is 302 g/mol. The lowest BCUT2D eigenvalue weighted by Gasteiger charge is -2.25. The van der Waals surface area contributed by atoms with Crippen molar-refractivity contribution in [2.45, 2.75) is 30.2 Å². The first-order valence-electron chi connectivity index (χ1n) is 6.91. The lowest BCUT2D eigenvalue weighted by Crippen LogP contribution is -2.38. The third-order valence-electron chi connectivity index (χ3n) is 3.82. The van der Waals surface area contributed by atoms with Crippen molar-refractivity contribution in [3.05, 3.63) is 59.7 Å². The number of aryl methyl sites for hydroxylation is 1. The maximum atomic E-state index is 12.3. The minimum Gasteiger partial charge on any atom is -0.290 e. The number of nitrogens with one attached hydrogen (secondary N) is 1. The van der Waals surface area contributed by atoms with Crippen LogP contribution in [-0.2, 0) is 28.0 Å². The molecule has 0 fully saturated rings. The second kappa shape index (κ2) is 5.50. The van der Waals surface area contributed by atoms with Gasteiger partial charge in [-0.05, 0) is 43.0 Å². The van der Waals surface area contributed by atoms with Crippen molar-refractivity contribution in [3.8, 4) is 5.75 Å². The fourth-order valence-corrected chi connectivity index (χ4v) is 4.03. The second-order valence-electron chi connectivity index (χ2n) is 5.27. The van der Waals surface area contributed by atoms with E-state index >= 15 is 0 Å². The van der Waals surface area contributed by atoms with Crippen LogP contribution in [0, 0.1) is 0 Å². The van der Waals surface area contributed by atoms with Gasteiger partial charge in [0.2, 0.25) is 10.0 Å². The molecule has 1 atom stereocenters. The molecule has 0 aromatic heterocycles. The third kappa shape index (κ3) is 2.94. The maximum Gasteiger partial charge on any atom is 0.240 e. The molecule has 0 heterocycles. The molecule has 0 bridgehead atoms. The predicted octanol–water partition coefficient (Wildman–Crippen LogP) is 2.67. The van der Waals surface area contributed by atoms with E-state index in [0.717, 1.165) is 17.5 Å². The standard InChI is InChI=1S/C16H16NO3S/c18-16-8-4-5-12-9-10-13(11-15(12)16)17-21(19,20)14-6-2-1-3-7-14/h1-8,13,17H,9-11H2. The van der Waals surface area contributed by atoms with Gasteiger partial charge in [0.25, 0.3) is 0 Å². The van der Waals surface area contributed by atoms with Crippen LogP contribution in [0.25, 0.3) is 0 Å². The van der Waals surface area contributed by atoms with Crippen LogP contribution in [0.4, 0.5) is 0 Å². The Balaban J connectivity index is 1.80. The van der Waals surface area contributed by atoms with E-state index in [1.165, 1.54) is 6.07 Å². The Morgan fingerprint density at radius 1 is 1.00 bits per heavy atom. The number of hydrogen-bond acceptors (Lipinski definition) is 2. The van der Waals surface area contributed by atoms with Crippen LogP contribution in [0.5, 0.6) is 5.75 Å². The maximum absolute atomic E-state index is 12.3. The third-order valence-corrected chi connectivity index (χ3v) is 5.35. The largest absolute Gasteiger partial charge is 0.290 e. The summed E-state index contributed by atoms with van der Waals surface area (Å²) >= 11 is 0. The number of benzene rings is 2. The van der Waals surface area contributed by atoms with E-state index < -0.39 is 10.0 Å². The highest BCUT2D eigenvalue weighted by molar-refractivity contribution is 7.89. The molecule has 1 unspecified atom stereocenters. The summed E-state index contributed by atoms with van der Waals surface area (Å²) in [5.41, 5.74) is 1.78. The van der Waals surface area contributed by atoms with Gasteiger partial charge in [0.1, 0.15) is 0 Å². The second-order valence-corrected chi connectivity index (χ2v) is 6.98. The molecule has 1 radical (unpaired) electrons. The van der Waals surface area contributed by atoms with Gasteiger partial charge in [-0.15, -0.1) is 0 Å². The summed E-state index contributed by atoms with van der Waals surface area (Å²) in [7, 11) is -3.53. The van der Waals surface area contributed by atoms with Gasteiger partial charge >= 0.3 is 0 Å². The highest BCUT2D eigenvalue weighted by atomic mass is 32.2. The van der Waals surface area contributed by atoms with Gasteiger partial charge in [0, 0.05) is 11.6 Å². The summed E-state index contributed by atoms with van der Waals surface area (Å²) in [6.45, 7) is 0. The lowest BCUT2D eigenvalue weighted by atomic mass is 9.88. The lowest BCUT2D eigenvalue weighted by molar-refractivity contribution is 0.344. The minimum absolute atomic E-state index is 0.00360. The molecule has 1 aliphatic rings. The zero-order valence-electron chi connectivity index (χ0n) is 11.5. The average Bonchev–Trinajstić information content (AvgIpc) is 2.49. The molecular formula is C16H16NO3S. The molecule has 1 aliphatic carbocycles. The van der Waals surface area contributed by atoms with Crippen molar-refractivity contribution >= 4 is 10.0 Å². The van der Waals surface area contributed by atoms with Gasteiger partial charge in [0.05, 0.1) is 4.90 Å². The molecule has 2 aromatic rings. The fraction of sp³-hybridized carbons (Fsp3) is 0.250. The summed E-state index contributed by atoms with van der Waals surface area (Å²) in [4.78, 5) is 0.256. The highest BCUT2D eigenvalue weighted by Crippen LogP contribution is 2.29. The first kappa shape index (κ1) is 14.1. The molecule has 4 nitrogen and oxygen atoms in total. The summed E-state index contributed by atoms with van der Waals surface area (Å²) < 4.78 is 27.3. The Hall–Kier alpha value is -1.85. The molecule has 1 N–H and O–H groups in total. The van der Waals surface area contributed by atoms with E-state index in [1.807, 2.05) is 6.07 Å². The first-order chi connectivity index (χ1) is 10.1. The molecule has 3 rings (SSSR count). The Kier molecular flexibility index (Phi) is 3.69. The SMILES string of the molecule is [O]c1cccc2c1CC(NS(=O)(=O)c1ccccc1)CC2. The summed E-state index contributed by atoms with van der Waals surface area (Å²) in [6, 6.07) is 13.3. The van der Waals surface area contributed by atoms with Crippen molar-refractivity contribution < 1.29 is 13.5 Å². The number of sulfonamides is 1. The Labute approximate surface area is 124 Å². The number of rotatable bonds is 3. The molecule has 109 valence electrons. The van der Waals surface area contributed by atoms with E-state index in [2.05, 4.69) is 4.72 Å². The zero-order valence-corrected chi connectivity index (χ0v) is 12.3. The Morgan fingerprint density at radius 2 is 1.76 bits per heavy atom. The van der Waals surface area contributed by atoms with Gasteiger partial charge in [-0.3, -0.25) is 5.11 Å². The van der Waals surface area contributed by atoms with E-state index in [1.54, 1.807) is 36.4 Å². The molecule has 2 aromatic carbocycles. The van der Waals surface area contributed by atoms with Gasteiger partial charge < -0.3 is 0 Å². The summed E-state index contributed by atoms with van der Waals surface area (Å²) in [6.07, 6.45) is 1.90. The molecule has 0 saturated heterocycles. The topological polar surface area (TPSA) is 66.1 Å². The van der Waals surface area contributed by atoms with Crippen molar-refractivity contribution in [3.63, 3.8) is 0 Å². The van der Waals surface area contributed by atoms with Crippen LogP contribution >= 0.6 is 0 Å². The first-order valence-corrected chi connectivity index (χ1v) is 8.40. The number of fused-ring (bicyclic) bond motifs is 1. The molecule has 5 heteroatoms. The van der Waals surface area contributed by atoms with E-state index in [-0.39, 0.29) is 16.7 Å². The number of hydrogen-bond donors (Lipinski definition) is 1. The fourth-order valence-electron chi connectivity index (χ4n) is 2.74. The van der Waals surface area contributed by atoms with E-state index in [9.17, 15) is 13.5 Å². The van der Waals surface area contributed by atoms with Gasteiger partial charge in [-0.2, -0.15) is 0 Å². The molecular weight excluding hydrogens is 286 g/mol. The molecule has 21 heavy (non-hydrogen) atoms. The van der Waals surface area contributed by atoms with Crippen molar-refractivity contribution in [2.75, 3.05) is 0 Å².